The molecule has 0 radical (unpaired) electrons. The van der Waals surface area contributed by atoms with Crippen molar-refractivity contribution in [3.05, 3.63) is 65.7 Å². The maximum atomic E-state index is 14.0. The summed E-state index contributed by atoms with van der Waals surface area (Å²) in [7, 11) is 0. The van der Waals surface area contributed by atoms with Gasteiger partial charge in [0.1, 0.15) is 16.9 Å². The summed E-state index contributed by atoms with van der Waals surface area (Å²) in [6.45, 7) is 1.74. The molecule has 1 fully saturated rings. The highest BCUT2D eigenvalue weighted by molar-refractivity contribution is 8.00. The number of piperidine rings is 1. The maximum Gasteiger partial charge on any atom is 0.238 e. The molecule has 0 bridgehead atoms. The number of carbonyl (C=O) groups is 1. The van der Waals surface area contributed by atoms with E-state index in [1.54, 1.807) is 0 Å². The molecule has 0 saturated carbocycles. The molecule has 1 aliphatic rings. The summed E-state index contributed by atoms with van der Waals surface area (Å²) in [5.41, 5.74) is 0.766. The molecule has 0 spiro atoms. The number of halogens is 2. The predicted octanol–water partition coefficient (Wildman–Crippen LogP) is 3.67. The molecule has 0 aromatic heterocycles. The highest BCUT2D eigenvalue weighted by Gasteiger charge is 2.26. The number of benzene rings is 2. The minimum Gasteiger partial charge on any atom is -0.352 e. The summed E-state index contributed by atoms with van der Waals surface area (Å²) < 4.78 is 27.5. The fourth-order valence-electron chi connectivity index (χ4n) is 2.84. The van der Waals surface area contributed by atoms with Crippen molar-refractivity contribution in [3.8, 4) is 0 Å². The number of nitrogens with one attached hydrogen (secondary N) is 2. The predicted molar refractivity (Wildman–Crippen MR) is 95.4 cm³/mol. The summed E-state index contributed by atoms with van der Waals surface area (Å²) in [6, 6.07) is 12.6. The first-order valence-electron chi connectivity index (χ1n) is 8.31. The van der Waals surface area contributed by atoms with Crippen LogP contribution >= 0.6 is 11.8 Å². The Hall–Kier alpha value is -1.92. The Labute approximate surface area is 150 Å². The number of amides is 1. The van der Waals surface area contributed by atoms with Crippen LogP contribution < -0.4 is 10.6 Å². The SMILES string of the molecule is O=C(NC1CCNCC1)C(Sc1cc(F)ccc1F)c1ccccc1. The molecule has 0 aliphatic carbocycles. The first kappa shape index (κ1) is 17.9. The zero-order valence-corrected chi connectivity index (χ0v) is 14.5. The van der Waals surface area contributed by atoms with Crippen molar-refractivity contribution in [2.24, 2.45) is 0 Å². The fraction of sp³-hybridized carbons (Fsp3) is 0.316. The first-order valence-corrected chi connectivity index (χ1v) is 9.19. The molecule has 1 heterocycles. The second-order valence-electron chi connectivity index (χ2n) is 6.02. The van der Waals surface area contributed by atoms with Crippen LogP contribution in [0.1, 0.15) is 23.7 Å². The number of thioether (sulfide) groups is 1. The van der Waals surface area contributed by atoms with Gasteiger partial charge in [0.05, 0.1) is 0 Å². The molecule has 132 valence electrons. The van der Waals surface area contributed by atoms with Crippen LogP contribution in [0.5, 0.6) is 0 Å². The van der Waals surface area contributed by atoms with E-state index in [9.17, 15) is 13.6 Å². The van der Waals surface area contributed by atoms with Crippen molar-refractivity contribution in [1.29, 1.82) is 0 Å². The molecule has 1 amide bonds. The van der Waals surface area contributed by atoms with Gasteiger partial charge < -0.3 is 10.6 Å². The molecule has 1 unspecified atom stereocenters. The topological polar surface area (TPSA) is 41.1 Å². The van der Waals surface area contributed by atoms with Gasteiger partial charge in [-0.25, -0.2) is 8.78 Å². The van der Waals surface area contributed by atoms with Crippen molar-refractivity contribution in [2.75, 3.05) is 13.1 Å². The third kappa shape index (κ3) is 4.80. The number of hydrogen-bond donors (Lipinski definition) is 2. The highest BCUT2D eigenvalue weighted by Crippen LogP contribution is 2.37. The molecule has 3 nitrogen and oxygen atoms in total. The summed E-state index contributed by atoms with van der Waals surface area (Å²) in [6.07, 6.45) is 1.73. The Kier molecular flexibility index (Phi) is 6.04. The molecule has 6 heteroatoms. The van der Waals surface area contributed by atoms with Crippen molar-refractivity contribution >= 4 is 17.7 Å². The Morgan fingerprint density at radius 2 is 1.84 bits per heavy atom. The second kappa shape index (κ2) is 8.45. The number of hydrogen-bond acceptors (Lipinski definition) is 3. The van der Waals surface area contributed by atoms with Gasteiger partial charge in [-0.2, -0.15) is 0 Å². The van der Waals surface area contributed by atoms with Crippen molar-refractivity contribution in [3.63, 3.8) is 0 Å². The van der Waals surface area contributed by atoms with Crippen LogP contribution in [0.15, 0.2) is 53.4 Å². The van der Waals surface area contributed by atoms with Crippen LogP contribution in [0, 0.1) is 11.6 Å². The highest BCUT2D eigenvalue weighted by atomic mass is 32.2. The lowest BCUT2D eigenvalue weighted by molar-refractivity contribution is -0.121. The van der Waals surface area contributed by atoms with Crippen LogP contribution in [0.25, 0.3) is 0 Å². The maximum absolute atomic E-state index is 14.0. The number of rotatable bonds is 5. The minimum absolute atomic E-state index is 0.109. The van der Waals surface area contributed by atoms with E-state index in [-0.39, 0.29) is 16.8 Å². The van der Waals surface area contributed by atoms with E-state index < -0.39 is 16.9 Å². The lowest BCUT2D eigenvalue weighted by Gasteiger charge is -2.26. The lowest BCUT2D eigenvalue weighted by atomic mass is 10.1. The van der Waals surface area contributed by atoms with Crippen molar-refractivity contribution < 1.29 is 13.6 Å². The molecule has 1 saturated heterocycles. The van der Waals surface area contributed by atoms with E-state index in [4.69, 9.17) is 0 Å². The zero-order chi connectivity index (χ0) is 17.6. The molecule has 1 atom stereocenters. The quantitative estimate of drug-likeness (QED) is 0.798. The van der Waals surface area contributed by atoms with Gasteiger partial charge in [-0.1, -0.05) is 30.3 Å². The monoisotopic (exact) mass is 362 g/mol. The molecule has 25 heavy (non-hydrogen) atoms. The van der Waals surface area contributed by atoms with Gasteiger partial charge in [0, 0.05) is 10.9 Å². The van der Waals surface area contributed by atoms with Crippen molar-refractivity contribution in [1.82, 2.24) is 10.6 Å². The van der Waals surface area contributed by atoms with Crippen LogP contribution in [0.3, 0.4) is 0 Å². The number of carbonyl (C=O) groups excluding carboxylic acids is 1. The van der Waals surface area contributed by atoms with Crippen LogP contribution in [0.4, 0.5) is 8.78 Å². The third-order valence-corrected chi connectivity index (χ3v) is 5.45. The van der Waals surface area contributed by atoms with E-state index in [1.165, 1.54) is 0 Å². The zero-order valence-electron chi connectivity index (χ0n) is 13.7. The first-order chi connectivity index (χ1) is 12.1. The van der Waals surface area contributed by atoms with E-state index in [0.29, 0.717) is 0 Å². The Bertz CT molecular complexity index is 721. The molecule has 2 aromatic rings. The molecule has 3 rings (SSSR count). The normalized spacial score (nSPS) is 16.4. The fourth-order valence-corrected chi connectivity index (χ4v) is 3.92. The molecule has 1 aliphatic heterocycles. The van der Waals surface area contributed by atoms with E-state index in [2.05, 4.69) is 10.6 Å². The van der Waals surface area contributed by atoms with E-state index >= 15 is 0 Å². The van der Waals surface area contributed by atoms with Gasteiger partial charge in [0.2, 0.25) is 5.91 Å². The van der Waals surface area contributed by atoms with Gasteiger partial charge >= 0.3 is 0 Å². The van der Waals surface area contributed by atoms with Gasteiger partial charge in [-0.15, -0.1) is 11.8 Å². The van der Waals surface area contributed by atoms with Crippen LogP contribution in [0.2, 0.25) is 0 Å². The lowest BCUT2D eigenvalue weighted by Crippen LogP contribution is -2.44. The minimum atomic E-state index is -0.632. The Morgan fingerprint density at radius 3 is 2.56 bits per heavy atom. The van der Waals surface area contributed by atoms with Crippen LogP contribution in [-0.4, -0.2) is 25.0 Å². The third-order valence-electron chi connectivity index (χ3n) is 4.16. The van der Waals surface area contributed by atoms with Gasteiger partial charge in [0.15, 0.2) is 0 Å². The standard InChI is InChI=1S/C19H20F2N2OS/c20-14-6-7-16(21)17(12-14)25-18(13-4-2-1-3-5-13)19(24)23-15-8-10-22-11-9-15/h1-7,12,15,18,22H,8-11H2,(H,23,24). The van der Waals surface area contributed by atoms with Gasteiger partial charge in [-0.05, 0) is 49.7 Å². The summed E-state index contributed by atoms with van der Waals surface area (Å²) in [5.74, 6) is -1.22. The Morgan fingerprint density at radius 1 is 1.12 bits per heavy atom. The van der Waals surface area contributed by atoms with E-state index in [0.717, 1.165) is 61.5 Å². The molecular weight excluding hydrogens is 342 g/mol. The summed E-state index contributed by atoms with van der Waals surface area (Å²) >= 11 is 1.04. The summed E-state index contributed by atoms with van der Waals surface area (Å²) in [4.78, 5) is 13.0. The van der Waals surface area contributed by atoms with E-state index in [1.807, 2.05) is 30.3 Å². The average molecular weight is 362 g/mol. The molecule has 2 aromatic carbocycles. The average Bonchev–Trinajstić information content (AvgIpc) is 2.64. The molecule has 2 N–H and O–H groups in total. The van der Waals surface area contributed by atoms with Gasteiger partial charge in [-0.3, -0.25) is 4.79 Å². The van der Waals surface area contributed by atoms with Crippen molar-refractivity contribution in [2.45, 2.75) is 29.0 Å². The summed E-state index contributed by atoms with van der Waals surface area (Å²) in [5, 5.41) is 5.68. The van der Waals surface area contributed by atoms with Gasteiger partial charge in [0.25, 0.3) is 0 Å². The smallest absolute Gasteiger partial charge is 0.238 e. The van der Waals surface area contributed by atoms with Crippen LogP contribution in [-0.2, 0) is 4.79 Å². The molecular formula is C19H20F2N2OS. The second-order valence-corrected chi connectivity index (χ2v) is 7.16. The Balaban J connectivity index is 1.82. The largest absolute Gasteiger partial charge is 0.352 e.